The topological polar surface area (TPSA) is 81.2 Å². The number of nitrogens with zero attached hydrogens (tertiary/aromatic N) is 2. The summed E-state index contributed by atoms with van der Waals surface area (Å²) in [6, 6.07) is 19.7. The van der Waals surface area contributed by atoms with Gasteiger partial charge in [-0.3, -0.25) is 4.79 Å². The highest BCUT2D eigenvalue weighted by Crippen LogP contribution is 2.24. The Morgan fingerprint density at radius 2 is 1.93 bits per heavy atom. The average molecular weight is 394 g/mol. The molecule has 2 aromatic heterocycles. The van der Waals surface area contributed by atoms with Crippen LogP contribution < -0.4 is 5.32 Å². The number of furan rings is 1. The van der Waals surface area contributed by atoms with Crippen LogP contribution in [-0.2, 0) is 6.42 Å². The zero-order valence-corrected chi connectivity index (χ0v) is 15.5. The van der Waals surface area contributed by atoms with Crippen LogP contribution in [0.25, 0.3) is 11.4 Å². The summed E-state index contributed by atoms with van der Waals surface area (Å²) in [4.78, 5) is 17.0. The summed E-state index contributed by atoms with van der Waals surface area (Å²) < 4.78 is 10.6. The second kappa shape index (κ2) is 8.10. The van der Waals surface area contributed by atoms with Crippen LogP contribution in [0.3, 0.4) is 0 Å². The molecule has 1 atom stereocenters. The molecule has 7 heteroatoms. The number of nitrogens with one attached hydrogen (secondary N) is 1. The number of benzene rings is 2. The van der Waals surface area contributed by atoms with Crippen LogP contribution in [0, 0.1) is 0 Å². The maximum Gasteiger partial charge on any atom is 0.287 e. The Labute approximate surface area is 166 Å². The van der Waals surface area contributed by atoms with Crippen molar-refractivity contribution in [3.05, 3.63) is 95.2 Å². The third kappa shape index (κ3) is 4.13. The van der Waals surface area contributed by atoms with Crippen molar-refractivity contribution in [2.45, 2.75) is 12.5 Å². The molecular weight excluding hydrogens is 378 g/mol. The Morgan fingerprint density at radius 1 is 1.07 bits per heavy atom. The maximum absolute atomic E-state index is 12.5. The molecule has 0 fully saturated rings. The molecule has 0 saturated carbocycles. The highest BCUT2D eigenvalue weighted by atomic mass is 35.5. The molecule has 0 saturated heterocycles. The first kappa shape index (κ1) is 18.0. The lowest BCUT2D eigenvalue weighted by molar-refractivity contribution is 0.0900. The molecule has 0 spiro atoms. The van der Waals surface area contributed by atoms with Gasteiger partial charge in [0.15, 0.2) is 5.76 Å². The van der Waals surface area contributed by atoms with Crippen molar-refractivity contribution in [2.75, 3.05) is 0 Å². The van der Waals surface area contributed by atoms with Gasteiger partial charge in [0.25, 0.3) is 5.91 Å². The molecular formula is C21H16ClN3O3. The van der Waals surface area contributed by atoms with E-state index < -0.39 is 6.04 Å². The second-order valence-electron chi connectivity index (χ2n) is 6.16. The first-order valence-electron chi connectivity index (χ1n) is 8.67. The van der Waals surface area contributed by atoms with Crippen LogP contribution >= 0.6 is 11.6 Å². The lowest BCUT2D eigenvalue weighted by atomic mass is 10.1. The van der Waals surface area contributed by atoms with E-state index in [2.05, 4.69) is 15.5 Å². The lowest BCUT2D eigenvalue weighted by Crippen LogP contribution is -2.30. The molecule has 140 valence electrons. The van der Waals surface area contributed by atoms with Gasteiger partial charge in [0, 0.05) is 17.0 Å². The number of rotatable bonds is 6. The van der Waals surface area contributed by atoms with Gasteiger partial charge in [-0.25, -0.2) is 0 Å². The zero-order valence-electron chi connectivity index (χ0n) is 14.7. The van der Waals surface area contributed by atoms with Crippen LogP contribution in [0.1, 0.15) is 28.1 Å². The molecule has 2 aromatic carbocycles. The van der Waals surface area contributed by atoms with Gasteiger partial charge in [0.2, 0.25) is 11.7 Å². The SMILES string of the molecule is O=C(N[C@H](Cc1ccccc1)c1nc(-c2cccc(Cl)c2)no1)c1ccco1. The van der Waals surface area contributed by atoms with E-state index in [-0.39, 0.29) is 11.7 Å². The Bertz CT molecular complexity index is 1060. The van der Waals surface area contributed by atoms with Crippen LogP contribution in [0.15, 0.2) is 81.9 Å². The standard InChI is InChI=1S/C21H16ClN3O3/c22-16-9-4-8-15(13-16)19-24-21(28-25-19)17(12-14-6-2-1-3-7-14)23-20(26)18-10-5-11-27-18/h1-11,13,17H,12H2,(H,23,26)/t17-/m1/s1. The molecule has 1 N–H and O–H groups in total. The largest absolute Gasteiger partial charge is 0.459 e. The first-order chi connectivity index (χ1) is 13.7. The zero-order chi connectivity index (χ0) is 19.3. The molecule has 0 aliphatic carbocycles. The molecule has 4 rings (SSSR count). The smallest absolute Gasteiger partial charge is 0.287 e. The summed E-state index contributed by atoms with van der Waals surface area (Å²) in [5, 5.41) is 7.53. The average Bonchev–Trinajstić information content (AvgIpc) is 3.41. The van der Waals surface area contributed by atoms with Crippen LogP contribution in [-0.4, -0.2) is 16.0 Å². The molecule has 2 heterocycles. The molecule has 0 bridgehead atoms. The van der Waals surface area contributed by atoms with Crippen molar-refractivity contribution in [1.82, 2.24) is 15.5 Å². The Hall–Kier alpha value is -3.38. The molecule has 0 radical (unpaired) electrons. The van der Waals surface area contributed by atoms with Crippen molar-refractivity contribution < 1.29 is 13.7 Å². The summed E-state index contributed by atoms with van der Waals surface area (Å²) in [6.45, 7) is 0. The highest BCUT2D eigenvalue weighted by molar-refractivity contribution is 6.30. The van der Waals surface area contributed by atoms with Gasteiger partial charge in [-0.2, -0.15) is 4.98 Å². The minimum absolute atomic E-state index is 0.215. The van der Waals surface area contributed by atoms with Crippen LogP contribution in [0.2, 0.25) is 5.02 Å². The van der Waals surface area contributed by atoms with Crippen LogP contribution in [0.5, 0.6) is 0 Å². The molecule has 28 heavy (non-hydrogen) atoms. The number of aromatic nitrogens is 2. The number of amides is 1. The lowest BCUT2D eigenvalue weighted by Gasteiger charge is -2.14. The molecule has 4 aromatic rings. The highest BCUT2D eigenvalue weighted by Gasteiger charge is 2.24. The molecule has 0 aliphatic rings. The first-order valence-corrected chi connectivity index (χ1v) is 9.04. The molecule has 6 nitrogen and oxygen atoms in total. The number of hydrogen-bond acceptors (Lipinski definition) is 5. The second-order valence-corrected chi connectivity index (χ2v) is 6.60. The minimum atomic E-state index is -0.513. The van der Waals surface area contributed by atoms with E-state index in [1.807, 2.05) is 42.5 Å². The predicted octanol–water partition coefficient (Wildman–Crippen LogP) is 4.70. The Morgan fingerprint density at radius 3 is 2.68 bits per heavy atom. The van der Waals surface area contributed by atoms with Crippen molar-refractivity contribution in [1.29, 1.82) is 0 Å². The monoisotopic (exact) mass is 393 g/mol. The third-order valence-corrected chi connectivity index (χ3v) is 4.39. The number of carbonyl (C=O) groups excluding carboxylic acids is 1. The summed E-state index contributed by atoms with van der Waals surface area (Å²) in [7, 11) is 0. The normalized spacial score (nSPS) is 11.9. The summed E-state index contributed by atoms with van der Waals surface area (Å²) in [5.41, 5.74) is 1.76. The van der Waals surface area contributed by atoms with Gasteiger partial charge in [-0.15, -0.1) is 0 Å². The summed E-state index contributed by atoms with van der Waals surface area (Å²) in [6.07, 6.45) is 1.94. The van der Waals surface area contributed by atoms with E-state index in [0.29, 0.717) is 23.2 Å². The molecule has 1 amide bonds. The van der Waals surface area contributed by atoms with Crippen molar-refractivity contribution in [3.63, 3.8) is 0 Å². The minimum Gasteiger partial charge on any atom is -0.459 e. The fraction of sp³-hybridized carbons (Fsp3) is 0.0952. The summed E-state index contributed by atoms with van der Waals surface area (Å²) >= 11 is 6.04. The molecule has 0 aliphatic heterocycles. The van der Waals surface area contributed by atoms with E-state index in [9.17, 15) is 4.79 Å². The van der Waals surface area contributed by atoms with Gasteiger partial charge < -0.3 is 14.3 Å². The Balaban J connectivity index is 1.62. The van der Waals surface area contributed by atoms with E-state index in [1.165, 1.54) is 6.26 Å². The van der Waals surface area contributed by atoms with Gasteiger partial charge in [0.05, 0.1) is 6.26 Å². The number of hydrogen-bond donors (Lipinski definition) is 1. The van der Waals surface area contributed by atoms with Gasteiger partial charge in [-0.05, 0) is 29.8 Å². The summed E-state index contributed by atoms with van der Waals surface area (Å²) in [5.74, 6) is 0.572. The van der Waals surface area contributed by atoms with E-state index >= 15 is 0 Å². The van der Waals surface area contributed by atoms with Gasteiger partial charge >= 0.3 is 0 Å². The fourth-order valence-electron chi connectivity index (χ4n) is 2.81. The van der Waals surface area contributed by atoms with Crippen molar-refractivity contribution in [2.24, 2.45) is 0 Å². The molecule has 0 unspecified atom stereocenters. The predicted molar refractivity (Wildman–Crippen MR) is 104 cm³/mol. The Kier molecular flexibility index (Phi) is 5.21. The number of carbonyl (C=O) groups is 1. The maximum atomic E-state index is 12.5. The quantitative estimate of drug-likeness (QED) is 0.513. The van der Waals surface area contributed by atoms with Gasteiger partial charge in [0.1, 0.15) is 6.04 Å². The fourth-order valence-corrected chi connectivity index (χ4v) is 3.00. The van der Waals surface area contributed by atoms with Crippen LogP contribution in [0.4, 0.5) is 0 Å². The van der Waals surface area contributed by atoms with Gasteiger partial charge in [-0.1, -0.05) is 59.2 Å². The van der Waals surface area contributed by atoms with E-state index in [1.54, 1.807) is 24.3 Å². The van der Waals surface area contributed by atoms with E-state index in [4.69, 9.17) is 20.5 Å². The number of halogens is 1. The van der Waals surface area contributed by atoms with Crippen molar-refractivity contribution >= 4 is 17.5 Å². The third-order valence-electron chi connectivity index (χ3n) is 4.16. The van der Waals surface area contributed by atoms with Crippen molar-refractivity contribution in [3.8, 4) is 11.4 Å². The van der Waals surface area contributed by atoms with E-state index in [0.717, 1.165) is 11.1 Å².